The second kappa shape index (κ2) is 8.18. The third-order valence-corrected chi connectivity index (χ3v) is 7.46. The minimum Gasteiger partial charge on any atom is -0.321 e. The molecule has 33 heavy (non-hydrogen) atoms. The Morgan fingerprint density at radius 1 is 1.03 bits per heavy atom. The quantitative estimate of drug-likeness (QED) is 0.391. The molecule has 0 fully saturated rings. The molecule has 3 N–H and O–H groups in total. The van der Waals surface area contributed by atoms with Gasteiger partial charge in [-0.3, -0.25) is 4.79 Å². The number of pyridine rings is 1. The molecule has 166 valence electrons. The summed E-state index contributed by atoms with van der Waals surface area (Å²) >= 11 is 1.27. The number of hydrogen-bond acceptors (Lipinski definition) is 5. The molecule has 0 amide bonds. The number of rotatable bonds is 5. The summed E-state index contributed by atoms with van der Waals surface area (Å²) in [5.41, 5.74) is 3.58. The van der Waals surface area contributed by atoms with Gasteiger partial charge >= 0.3 is 0 Å². The van der Waals surface area contributed by atoms with Gasteiger partial charge in [0.2, 0.25) is 10.0 Å². The van der Waals surface area contributed by atoms with E-state index in [0.717, 1.165) is 27.5 Å². The molecule has 0 aliphatic rings. The highest BCUT2D eigenvalue weighted by Gasteiger charge is 2.20. The van der Waals surface area contributed by atoms with E-state index in [1.165, 1.54) is 23.9 Å². The lowest BCUT2D eigenvalue weighted by Gasteiger charge is -2.13. The van der Waals surface area contributed by atoms with Crippen LogP contribution in [0.4, 0.5) is 0 Å². The third kappa shape index (κ3) is 3.84. The Labute approximate surface area is 194 Å². The van der Waals surface area contributed by atoms with Crippen molar-refractivity contribution in [1.29, 1.82) is 0 Å². The average Bonchev–Trinajstić information content (AvgIpc) is 3.16. The van der Waals surface area contributed by atoms with Crippen LogP contribution in [0.1, 0.15) is 6.92 Å². The number of primary sulfonamides is 1. The largest absolute Gasteiger partial charge is 0.321 e. The van der Waals surface area contributed by atoms with Gasteiger partial charge in [-0.2, -0.15) is 0 Å². The number of nitrogens with zero attached hydrogens (tertiary/aromatic N) is 2. The van der Waals surface area contributed by atoms with Crippen molar-refractivity contribution in [3.05, 3.63) is 83.2 Å². The van der Waals surface area contributed by atoms with Gasteiger partial charge in [0.1, 0.15) is 0 Å². The molecule has 9 heteroatoms. The van der Waals surface area contributed by atoms with Crippen LogP contribution in [0, 0.1) is 0 Å². The molecule has 0 bridgehead atoms. The Bertz CT molecular complexity index is 1670. The highest BCUT2D eigenvalue weighted by atomic mass is 32.2. The summed E-state index contributed by atoms with van der Waals surface area (Å²) < 4.78 is 25.5. The molecule has 0 radical (unpaired) electrons. The van der Waals surface area contributed by atoms with Crippen molar-refractivity contribution in [3.63, 3.8) is 0 Å². The van der Waals surface area contributed by atoms with E-state index in [-0.39, 0.29) is 10.5 Å². The zero-order valence-electron chi connectivity index (χ0n) is 17.6. The van der Waals surface area contributed by atoms with E-state index < -0.39 is 10.0 Å². The summed E-state index contributed by atoms with van der Waals surface area (Å²) in [4.78, 5) is 21.4. The number of aryl methyl sites for hydroxylation is 1. The third-order valence-electron chi connectivity index (χ3n) is 5.46. The number of benzene rings is 3. The van der Waals surface area contributed by atoms with Crippen LogP contribution in [-0.4, -0.2) is 23.0 Å². The van der Waals surface area contributed by atoms with Gasteiger partial charge in [-0.25, -0.2) is 18.5 Å². The Balaban J connectivity index is 1.75. The summed E-state index contributed by atoms with van der Waals surface area (Å²) in [6.45, 7) is 2.57. The molecule has 2 heterocycles. The molecule has 7 nitrogen and oxygen atoms in total. The molecular formula is C24H20N4O3S2. The molecule has 0 saturated carbocycles. The zero-order chi connectivity index (χ0) is 23.2. The van der Waals surface area contributed by atoms with E-state index in [4.69, 9.17) is 5.14 Å². The first kappa shape index (κ1) is 21.4. The second-order valence-electron chi connectivity index (χ2n) is 7.51. The minimum absolute atomic E-state index is 0.000769. The van der Waals surface area contributed by atoms with Crippen LogP contribution in [0.25, 0.3) is 33.1 Å². The van der Waals surface area contributed by atoms with E-state index in [1.54, 1.807) is 6.07 Å². The molecule has 0 aliphatic carbocycles. The Morgan fingerprint density at radius 2 is 1.76 bits per heavy atom. The maximum absolute atomic E-state index is 13.2. The molecule has 0 saturated heterocycles. The highest BCUT2D eigenvalue weighted by Crippen LogP contribution is 2.38. The van der Waals surface area contributed by atoms with Gasteiger partial charge in [0, 0.05) is 23.0 Å². The number of sulfonamides is 1. The van der Waals surface area contributed by atoms with Gasteiger partial charge in [-0.15, -0.1) is 0 Å². The molecular weight excluding hydrogens is 456 g/mol. The fourth-order valence-corrected chi connectivity index (χ4v) is 5.62. The van der Waals surface area contributed by atoms with Gasteiger partial charge < -0.3 is 9.55 Å². The van der Waals surface area contributed by atoms with Crippen molar-refractivity contribution in [1.82, 2.24) is 14.5 Å². The number of nitrogens with one attached hydrogen (secondary N) is 1. The zero-order valence-corrected chi connectivity index (χ0v) is 19.3. The number of fused-ring (bicyclic) bond motifs is 2. The number of nitrogens with two attached hydrogens (primary N) is 1. The number of imidazole rings is 1. The standard InChI is InChI=1S/C24H20N4O3S2/c1-2-28-20-13-12-16(33(25,30)31)14-19(20)27-24(28)32-22-21(15-8-4-3-5-9-15)17-10-6-7-11-18(17)26-23(22)29/h3-14H,2H2,1H3,(H,26,29)(H2,25,30,31). The smallest absolute Gasteiger partial charge is 0.263 e. The van der Waals surface area contributed by atoms with Gasteiger partial charge in [-0.1, -0.05) is 48.5 Å². The maximum atomic E-state index is 13.2. The summed E-state index contributed by atoms with van der Waals surface area (Å²) in [7, 11) is -3.85. The van der Waals surface area contributed by atoms with E-state index in [1.807, 2.05) is 66.1 Å². The fourth-order valence-electron chi connectivity index (χ4n) is 3.95. The van der Waals surface area contributed by atoms with Crippen molar-refractivity contribution < 1.29 is 8.42 Å². The lowest BCUT2D eigenvalue weighted by molar-refractivity contribution is 0.598. The van der Waals surface area contributed by atoms with Crippen LogP contribution in [0.3, 0.4) is 0 Å². The Morgan fingerprint density at radius 3 is 2.48 bits per heavy atom. The molecule has 3 aromatic carbocycles. The lowest BCUT2D eigenvalue weighted by atomic mass is 10.0. The summed E-state index contributed by atoms with van der Waals surface area (Å²) in [5, 5.41) is 6.82. The lowest BCUT2D eigenvalue weighted by Crippen LogP contribution is -2.11. The summed E-state index contributed by atoms with van der Waals surface area (Å²) in [6, 6.07) is 22.1. The minimum atomic E-state index is -3.85. The molecule has 0 unspecified atom stereocenters. The van der Waals surface area contributed by atoms with Gasteiger partial charge in [0.15, 0.2) is 5.16 Å². The first-order valence-corrected chi connectivity index (χ1v) is 12.6. The Kier molecular flexibility index (Phi) is 5.32. The number of hydrogen-bond donors (Lipinski definition) is 2. The monoisotopic (exact) mass is 476 g/mol. The number of aromatic nitrogens is 3. The first-order chi connectivity index (χ1) is 15.9. The van der Waals surface area contributed by atoms with Gasteiger partial charge in [0.05, 0.1) is 20.8 Å². The molecule has 5 rings (SSSR count). The first-order valence-electron chi connectivity index (χ1n) is 10.3. The van der Waals surface area contributed by atoms with E-state index in [2.05, 4.69) is 9.97 Å². The number of aromatic amines is 1. The highest BCUT2D eigenvalue weighted by molar-refractivity contribution is 7.99. The molecule has 2 aromatic heterocycles. The Hall–Kier alpha value is -3.40. The van der Waals surface area contributed by atoms with Gasteiger partial charge in [-0.05, 0) is 48.5 Å². The average molecular weight is 477 g/mol. The summed E-state index contributed by atoms with van der Waals surface area (Å²) in [6.07, 6.45) is 0. The fraction of sp³-hybridized carbons (Fsp3) is 0.0833. The van der Waals surface area contributed by atoms with E-state index in [0.29, 0.717) is 22.1 Å². The van der Waals surface area contributed by atoms with Crippen LogP contribution in [0.5, 0.6) is 0 Å². The summed E-state index contributed by atoms with van der Waals surface area (Å²) in [5.74, 6) is 0. The van der Waals surface area contributed by atoms with E-state index >= 15 is 0 Å². The predicted molar refractivity (Wildman–Crippen MR) is 131 cm³/mol. The van der Waals surface area contributed by atoms with Crippen molar-refractivity contribution in [2.75, 3.05) is 0 Å². The van der Waals surface area contributed by atoms with Crippen molar-refractivity contribution >= 4 is 43.7 Å². The molecule has 0 aliphatic heterocycles. The SMILES string of the molecule is CCn1c(Sc2c(-c3ccccc3)c3ccccc3[nH]c2=O)nc2cc(S(N)(=O)=O)ccc21. The van der Waals surface area contributed by atoms with Crippen LogP contribution in [-0.2, 0) is 16.6 Å². The van der Waals surface area contributed by atoms with Crippen molar-refractivity contribution in [2.45, 2.75) is 28.4 Å². The normalized spacial score (nSPS) is 11.9. The molecule has 5 aromatic rings. The number of H-pyrrole nitrogens is 1. The van der Waals surface area contributed by atoms with E-state index in [9.17, 15) is 13.2 Å². The topological polar surface area (TPSA) is 111 Å². The van der Waals surface area contributed by atoms with Crippen LogP contribution in [0.15, 0.2) is 92.5 Å². The maximum Gasteiger partial charge on any atom is 0.263 e. The second-order valence-corrected chi connectivity index (χ2v) is 10.0. The van der Waals surface area contributed by atoms with Crippen LogP contribution >= 0.6 is 11.8 Å². The molecule has 0 spiro atoms. The number of para-hydroxylation sites is 1. The predicted octanol–water partition coefficient (Wildman–Crippen LogP) is 4.36. The van der Waals surface area contributed by atoms with Crippen LogP contribution in [0.2, 0.25) is 0 Å². The van der Waals surface area contributed by atoms with Gasteiger partial charge in [0.25, 0.3) is 5.56 Å². The molecule has 0 atom stereocenters. The van der Waals surface area contributed by atoms with Crippen LogP contribution < -0.4 is 10.7 Å². The van der Waals surface area contributed by atoms with Crippen molar-refractivity contribution in [2.24, 2.45) is 5.14 Å². The van der Waals surface area contributed by atoms with Crippen molar-refractivity contribution in [3.8, 4) is 11.1 Å².